The maximum Gasteiger partial charge on any atom is 0.266 e. The summed E-state index contributed by atoms with van der Waals surface area (Å²) in [6, 6.07) is 6.84. The summed E-state index contributed by atoms with van der Waals surface area (Å²) in [4.78, 5) is 17.5. The molecule has 8 nitrogen and oxygen atoms in total. The first-order valence-corrected chi connectivity index (χ1v) is 7.78. The van der Waals surface area contributed by atoms with Crippen molar-refractivity contribution in [3.8, 4) is 34.4 Å². The average molecular weight is 356 g/mol. The van der Waals surface area contributed by atoms with Crippen LogP contribution in [-0.2, 0) is 0 Å². The van der Waals surface area contributed by atoms with Crippen molar-refractivity contribution in [2.45, 2.75) is 0 Å². The van der Waals surface area contributed by atoms with Crippen molar-refractivity contribution in [2.75, 3.05) is 28.1 Å². The van der Waals surface area contributed by atoms with Gasteiger partial charge in [0.15, 0.2) is 23.0 Å². The molecule has 0 saturated carbocycles. The van der Waals surface area contributed by atoms with Crippen LogP contribution in [0.4, 0.5) is 0 Å². The SMILES string of the molecule is COc1cc2c(=O)n(-c3ccc4c(c3)OCO4)cnc2c(OC)c1OC. The van der Waals surface area contributed by atoms with Gasteiger partial charge >= 0.3 is 0 Å². The highest BCUT2D eigenvalue weighted by molar-refractivity contribution is 5.89. The van der Waals surface area contributed by atoms with E-state index < -0.39 is 0 Å². The van der Waals surface area contributed by atoms with E-state index in [1.165, 1.54) is 32.2 Å². The van der Waals surface area contributed by atoms with E-state index in [1.54, 1.807) is 24.3 Å². The molecule has 0 saturated heterocycles. The van der Waals surface area contributed by atoms with Gasteiger partial charge in [0.05, 0.1) is 32.4 Å². The Kier molecular flexibility index (Phi) is 3.80. The predicted octanol–water partition coefficient (Wildman–Crippen LogP) is 2.14. The molecule has 2 aromatic carbocycles. The Morgan fingerprint density at radius 1 is 1.00 bits per heavy atom. The van der Waals surface area contributed by atoms with Crippen LogP contribution in [0.25, 0.3) is 16.6 Å². The van der Waals surface area contributed by atoms with Crippen LogP contribution in [0, 0.1) is 0 Å². The largest absolute Gasteiger partial charge is 0.493 e. The number of methoxy groups -OCH3 is 3. The first-order valence-electron chi connectivity index (χ1n) is 7.78. The molecular formula is C18H16N2O6. The Morgan fingerprint density at radius 3 is 2.50 bits per heavy atom. The molecular weight excluding hydrogens is 340 g/mol. The zero-order valence-corrected chi connectivity index (χ0v) is 14.4. The van der Waals surface area contributed by atoms with Crippen LogP contribution in [0.3, 0.4) is 0 Å². The van der Waals surface area contributed by atoms with Gasteiger partial charge < -0.3 is 23.7 Å². The molecule has 1 aliphatic heterocycles. The summed E-state index contributed by atoms with van der Waals surface area (Å²) in [5, 5.41) is 0.347. The van der Waals surface area contributed by atoms with Crippen LogP contribution in [-0.4, -0.2) is 37.7 Å². The minimum atomic E-state index is -0.270. The fourth-order valence-electron chi connectivity index (χ4n) is 2.95. The Balaban J connectivity index is 1.96. The molecule has 0 bridgehead atoms. The Bertz CT molecular complexity index is 1060. The number of nitrogens with zero attached hydrogens (tertiary/aromatic N) is 2. The van der Waals surface area contributed by atoms with Gasteiger partial charge in [-0.3, -0.25) is 9.36 Å². The molecule has 0 atom stereocenters. The summed E-state index contributed by atoms with van der Waals surface area (Å²) >= 11 is 0. The third-order valence-corrected chi connectivity index (χ3v) is 4.19. The standard InChI is InChI=1S/C18H16N2O6/c1-22-14-7-11-15(17(24-3)16(14)23-2)19-8-20(18(11)21)10-4-5-12-13(6-10)26-9-25-12/h4-8H,9H2,1-3H3. The van der Waals surface area contributed by atoms with Crippen molar-refractivity contribution in [1.82, 2.24) is 9.55 Å². The summed E-state index contributed by atoms with van der Waals surface area (Å²) < 4.78 is 28.2. The number of hydrogen-bond acceptors (Lipinski definition) is 7. The molecule has 0 unspecified atom stereocenters. The molecule has 1 aromatic heterocycles. The van der Waals surface area contributed by atoms with Crippen LogP contribution < -0.4 is 29.2 Å². The molecule has 0 N–H and O–H groups in total. The van der Waals surface area contributed by atoms with Crippen molar-refractivity contribution in [2.24, 2.45) is 0 Å². The highest BCUT2D eigenvalue weighted by Gasteiger charge is 2.20. The molecule has 8 heteroatoms. The zero-order chi connectivity index (χ0) is 18.3. The fourth-order valence-corrected chi connectivity index (χ4v) is 2.95. The van der Waals surface area contributed by atoms with E-state index in [4.69, 9.17) is 23.7 Å². The lowest BCUT2D eigenvalue weighted by molar-refractivity contribution is 0.174. The third-order valence-electron chi connectivity index (χ3n) is 4.19. The van der Waals surface area contributed by atoms with Crippen LogP contribution in [0.1, 0.15) is 0 Å². The number of hydrogen-bond donors (Lipinski definition) is 0. The highest BCUT2D eigenvalue weighted by Crippen LogP contribution is 2.41. The molecule has 0 aliphatic carbocycles. The van der Waals surface area contributed by atoms with E-state index in [1.807, 2.05) is 0 Å². The maximum atomic E-state index is 13.1. The highest BCUT2D eigenvalue weighted by atomic mass is 16.7. The van der Waals surface area contributed by atoms with Gasteiger partial charge in [0.25, 0.3) is 5.56 Å². The zero-order valence-electron chi connectivity index (χ0n) is 14.4. The minimum Gasteiger partial charge on any atom is -0.493 e. The van der Waals surface area contributed by atoms with Gasteiger partial charge in [0.1, 0.15) is 11.8 Å². The summed E-state index contributed by atoms with van der Waals surface area (Å²) in [5.74, 6) is 2.34. The number of rotatable bonds is 4. The van der Waals surface area contributed by atoms with Gasteiger partial charge in [-0.1, -0.05) is 0 Å². The number of fused-ring (bicyclic) bond motifs is 2. The molecule has 1 aliphatic rings. The molecule has 4 rings (SSSR count). The molecule has 2 heterocycles. The van der Waals surface area contributed by atoms with Crippen LogP contribution in [0.2, 0.25) is 0 Å². The summed E-state index contributed by atoms with van der Waals surface area (Å²) in [6.07, 6.45) is 1.44. The molecule has 26 heavy (non-hydrogen) atoms. The normalized spacial score (nSPS) is 12.3. The number of aromatic nitrogens is 2. The molecule has 0 amide bonds. The first-order chi connectivity index (χ1) is 12.7. The average Bonchev–Trinajstić information content (AvgIpc) is 3.14. The second-order valence-corrected chi connectivity index (χ2v) is 5.50. The number of ether oxygens (including phenoxy) is 5. The van der Waals surface area contributed by atoms with Crippen molar-refractivity contribution in [1.29, 1.82) is 0 Å². The van der Waals surface area contributed by atoms with Gasteiger partial charge in [0.2, 0.25) is 12.5 Å². The summed E-state index contributed by atoms with van der Waals surface area (Å²) in [7, 11) is 4.48. The Hall–Kier alpha value is -3.42. The van der Waals surface area contributed by atoms with E-state index >= 15 is 0 Å². The lowest BCUT2D eigenvalue weighted by atomic mass is 10.2. The maximum absolute atomic E-state index is 13.1. The van der Waals surface area contributed by atoms with Crippen molar-refractivity contribution in [3.63, 3.8) is 0 Å². The topological polar surface area (TPSA) is 81.0 Å². The molecule has 0 radical (unpaired) electrons. The molecule has 3 aromatic rings. The van der Waals surface area contributed by atoms with Gasteiger partial charge in [-0.25, -0.2) is 4.98 Å². The summed E-state index contributed by atoms with van der Waals surface area (Å²) in [6.45, 7) is 0.165. The van der Waals surface area contributed by atoms with Crippen molar-refractivity contribution >= 4 is 10.9 Å². The van der Waals surface area contributed by atoms with E-state index in [0.29, 0.717) is 45.3 Å². The van der Waals surface area contributed by atoms with Gasteiger partial charge in [-0.15, -0.1) is 0 Å². The monoisotopic (exact) mass is 356 g/mol. The van der Waals surface area contributed by atoms with Crippen LogP contribution in [0.5, 0.6) is 28.7 Å². The predicted molar refractivity (Wildman–Crippen MR) is 93.1 cm³/mol. The number of benzene rings is 2. The lowest BCUT2D eigenvalue weighted by Crippen LogP contribution is -2.19. The van der Waals surface area contributed by atoms with E-state index in [0.717, 1.165) is 0 Å². The third kappa shape index (κ3) is 2.30. The van der Waals surface area contributed by atoms with Crippen molar-refractivity contribution < 1.29 is 23.7 Å². The second-order valence-electron chi connectivity index (χ2n) is 5.50. The van der Waals surface area contributed by atoms with Crippen LogP contribution >= 0.6 is 0 Å². The quantitative estimate of drug-likeness (QED) is 0.708. The fraction of sp³-hybridized carbons (Fsp3) is 0.222. The first kappa shape index (κ1) is 16.1. The molecule has 0 fully saturated rings. The van der Waals surface area contributed by atoms with Crippen molar-refractivity contribution in [3.05, 3.63) is 40.9 Å². The molecule has 0 spiro atoms. The minimum absolute atomic E-state index is 0.165. The van der Waals surface area contributed by atoms with E-state index in [-0.39, 0.29) is 12.4 Å². The van der Waals surface area contributed by atoms with Gasteiger partial charge in [0, 0.05) is 6.07 Å². The Morgan fingerprint density at radius 2 is 1.77 bits per heavy atom. The summed E-state index contributed by atoms with van der Waals surface area (Å²) in [5.41, 5.74) is 0.739. The smallest absolute Gasteiger partial charge is 0.266 e. The molecule has 134 valence electrons. The van der Waals surface area contributed by atoms with Gasteiger partial charge in [-0.05, 0) is 18.2 Å². The van der Waals surface area contributed by atoms with Crippen LogP contribution in [0.15, 0.2) is 35.4 Å². The lowest BCUT2D eigenvalue weighted by Gasteiger charge is -2.15. The van der Waals surface area contributed by atoms with E-state index in [2.05, 4.69) is 4.98 Å². The Labute approximate surface area is 148 Å². The van der Waals surface area contributed by atoms with E-state index in [9.17, 15) is 4.79 Å². The second kappa shape index (κ2) is 6.14. The van der Waals surface area contributed by atoms with Gasteiger partial charge in [-0.2, -0.15) is 0 Å².